The molecule has 1 aliphatic rings. The van der Waals surface area contributed by atoms with Crippen LogP contribution in [0.1, 0.15) is 51.8 Å². The second-order valence-corrected chi connectivity index (χ2v) is 10.1. The van der Waals surface area contributed by atoms with Gasteiger partial charge in [0.05, 0.1) is 12.2 Å². The number of rotatable bonds is 8. The highest BCUT2D eigenvalue weighted by Crippen LogP contribution is 2.35. The molecule has 5 rings (SSSR count). The molecular formula is C33H32F3NO. The Morgan fingerprint density at radius 1 is 0.816 bits per heavy atom. The van der Waals surface area contributed by atoms with Crippen LogP contribution >= 0.6 is 0 Å². The molecule has 1 aliphatic heterocycles. The van der Waals surface area contributed by atoms with Gasteiger partial charge in [0.15, 0.2) is 0 Å². The molecule has 1 heterocycles. The van der Waals surface area contributed by atoms with E-state index in [0.29, 0.717) is 12.8 Å². The third kappa shape index (κ3) is 6.35. The molecule has 0 aromatic heterocycles. The maximum atomic E-state index is 13.9. The molecule has 5 heteroatoms. The maximum absolute atomic E-state index is 13.9. The van der Waals surface area contributed by atoms with Crippen molar-refractivity contribution in [1.29, 1.82) is 0 Å². The van der Waals surface area contributed by atoms with Gasteiger partial charge in [0, 0.05) is 18.9 Å². The van der Waals surface area contributed by atoms with Crippen molar-refractivity contribution in [3.63, 3.8) is 0 Å². The molecule has 1 fully saturated rings. The number of nitrogens with one attached hydrogen (secondary N) is 1. The number of benzene rings is 4. The van der Waals surface area contributed by atoms with Crippen LogP contribution in [-0.2, 0) is 17.6 Å². The fraction of sp³-hybridized carbons (Fsp3) is 0.273. The van der Waals surface area contributed by atoms with Crippen LogP contribution in [0.4, 0.5) is 13.2 Å². The van der Waals surface area contributed by atoms with Gasteiger partial charge < -0.3 is 10.1 Å². The molecule has 0 bridgehead atoms. The predicted molar refractivity (Wildman–Crippen MR) is 145 cm³/mol. The van der Waals surface area contributed by atoms with Gasteiger partial charge in [-0.3, -0.25) is 0 Å². The van der Waals surface area contributed by atoms with Crippen molar-refractivity contribution in [2.45, 2.75) is 44.3 Å². The molecular weight excluding hydrogens is 483 g/mol. The topological polar surface area (TPSA) is 21.3 Å². The quantitative estimate of drug-likeness (QED) is 0.263. The van der Waals surface area contributed by atoms with Gasteiger partial charge in [0.25, 0.3) is 0 Å². The summed E-state index contributed by atoms with van der Waals surface area (Å²) in [5.74, 6) is -0.693. The molecule has 2 nitrogen and oxygen atoms in total. The minimum Gasteiger partial charge on any atom is -0.369 e. The Balaban J connectivity index is 1.48. The van der Waals surface area contributed by atoms with E-state index >= 15 is 0 Å². The van der Waals surface area contributed by atoms with Gasteiger partial charge in [-0.1, -0.05) is 54.6 Å². The molecule has 3 unspecified atom stereocenters. The lowest BCUT2D eigenvalue weighted by Crippen LogP contribution is -2.41. The smallest absolute Gasteiger partial charge is 0.123 e. The van der Waals surface area contributed by atoms with Crippen molar-refractivity contribution in [2.75, 3.05) is 13.1 Å². The van der Waals surface area contributed by atoms with E-state index in [1.165, 1.54) is 30.3 Å². The summed E-state index contributed by atoms with van der Waals surface area (Å²) < 4.78 is 48.0. The summed E-state index contributed by atoms with van der Waals surface area (Å²) in [6.45, 7) is 3.53. The van der Waals surface area contributed by atoms with Gasteiger partial charge >= 0.3 is 0 Å². The Kier molecular flexibility index (Phi) is 8.26. The van der Waals surface area contributed by atoms with Crippen LogP contribution in [0.25, 0.3) is 0 Å². The summed E-state index contributed by atoms with van der Waals surface area (Å²) in [7, 11) is 0. The highest BCUT2D eigenvalue weighted by atomic mass is 19.1. The van der Waals surface area contributed by atoms with Crippen molar-refractivity contribution >= 4 is 0 Å². The number of aryl methyl sites for hydroxylation is 1. The Bertz CT molecular complexity index is 1350. The summed E-state index contributed by atoms with van der Waals surface area (Å²) in [5.41, 5.74) is 6.17. The fourth-order valence-corrected chi connectivity index (χ4v) is 5.47. The normalized spacial score (nSPS) is 18.3. The Labute approximate surface area is 222 Å². The summed E-state index contributed by atoms with van der Waals surface area (Å²) in [6.07, 6.45) is 1.70. The Morgan fingerprint density at radius 2 is 1.47 bits per heavy atom. The van der Waals surface area contributed by atoms with Crippen molar-refractivity contribution in [3.8, 4) is 0 Å². The van der Waals surface area contributed by atoms with E-state index in [0.717, 1.165) is 52.9 Å². The summed E-state index contributed by atoms with van der Waals surface area (Å²) in [4.78, 5) is 0. The molecule has 1 N–H and O–H groups in total. The number of ether oxygens (including phenoxy) is 1. The second-order valence-electron chi connectivity index (χ2n) is 10.1. The van der Waals surface area contributed by atoms with E-state index < -0.39 is 0 Å². The summed E-state index contributed by atoms with van der Waals surface area (Å²) >= 11 is 0. The van der Waals surface area contributed by atoms with Crippen LogP contribution in [0.2, 0.25) is 0 Å². The average molecular weight is 516 g/mol. The molecule has 196 valence electrons. The lowest BCUT2D eigenvalue weighted by atomic mass is 9.85. The van der Waals surface area contributed by atoms with Gasteiger partial charge in [-0.15, -0.1) is 0 Å². The standard InChI is InChI=1S/C33H32F3NO/c1-22-18-28(36)14-15-29(22)31-21-37-17-16-32(31)38-33(20-24-8-12-27(35)13-9-24)30-5-3-2-4-25(30)19-23-6-10-26(34)11-7-23/h2-15,18,31-33,37H,16-17,19-21H2,1H3. The molecule has 4 aromatic rings. The maximum Gasteiger partial charge on any atom is 0.123 e. The summed E-state index contributed by atoms with van der Waals surface area (Å²) in [5, 5.41) is 3.48. The van der Waals surface area contributed by atoms with Crippen molar-refractivity contribution in [3.05, 3.63) is 142 Å². The number of piperidine rings is 1. The van der Waals surface area contributed by atoms with Crippen LogP contribution in [0, 0.1) is 24.4 Å². The highest BCUT2D eigenvalue weighted by Gasteiger charge is 2.31. The van der Waals surface area contributed by atoms with Crippen LogP contribution < -0.4 is 5.32 Å². The van der Waals surface area contributed by atoms with E-state index in [9.17, 15) is 13.2 Å². The second kappa shape index (κ2) is 12.0. The first-order valence-corrected chi connectivity index (χ1v) is 13.1. The van der Waals surface area contributed by atoms with Gasteiger partial charge in [-0.2, -0.15) is 0 Å². The van der Waals surface area contributed by atoms with Crippen molar-refractivity contribution in [2.24, 2.45) is 0 Å². The summed E-state index contributed by atoms with van der Waals surface area (Å²) in [6, 6.07) is 26.3. The molecule has 0 amide bonds. The largest absolute Gasteiger partial charge is 0.369 e. The number of hydrogen-bond acceptors (Lipinski definition) is 2. The lowest BCUT2D eigenvalue weighted by Gasteiger charge is -2.36. The molecule has 38 heavy (non-hydrogen) atoms. The van der Waals surface area contributed by atoms with E-state index in [1.807, 2.05) is 37.3 Å². The molecule has 0 spiro atoms. The van der Waals surface area contributed by atoms with Gasteiger partial charge in [0.1, 0.15) is 17.5 Å². The molecule has 1 saturated heterocycles. The van der Waals surface area contributed by atoms with E-state index in [4.69, 9.17) is 4.74 Å². The monoisotopic (exact) mass is 515 g/mol. The Morgan fingerprint density at radius 3 is 2.18 bits per heavy atom. The fourth-order valence-electron chi connectivity index (χ4n) is 5.47. The number of hydrogen-bond donors (Lipinski definition) is 1. The van der Waals surface area contributed by atoms with Crippen LogP contribution in [0.3, 0.4) is 0 Å². The lowest BCUT2D eigenvalue weighted by molar-refractivity contribution is -0.0395. The molecule has 4 aromatic carbocycles. The van der Waals surface area contributed by atoms with E-state index in [1.54, 1.807) is 18.2 Å². The van der Waals surface area contributed by atoms with E-state index in [-0.39, 0.29) is 35.6 Å². The third-order valence-corrected chi connectivity index (χ3v) is 7.43. The van der Waals surface area contributed by atoms with Crippen molar-refractivity contribution < 1.29 is 17.9 Å². The zero-order valence-corrected chi connectivity index (χ0v) is 21.5. The van der Waals surface area contributed by atoms with Gasteiger partial charge in [-0.05, 0) is 96.1 Å². The first-order chi connectivity index (χ1) is 18.5. The van der Waals surface area contributed by atoms with Gasteiger partial charge in [-0.25, -0.2) is 13.2 Å². The predicted octanol–water partition coefficient (Wildman–Crippen LogP) is 7.45. The SMILES string of the molecule is Cc1cc(F)ccc1C1CNCCC1OC(Cc1ccc(F)cc1)c1ccccc1Cc1ccc(F)cc1. The first kappa shape index (κ1) is 26.2. The average Bonchev–Trinajstić information content (AvgIpc) is 2.92. The third-order valence-electron chi connectivity index (χ3n) is 7.43. The zero-order valence-electron chi connectivity index (χ0n) is 21.5. The molecule has 0 saturated carbocycles. The Hall–Kier alpha value is -3.41. The van der Waals surface area contributed by atoms with Crippen molar-refractivity contribution in [1.82, 2.24) is 5.32 Å². The first-order valence-electron chi connectivity index (χ1n) is 13.1. The van der Waals surface area contributed by atoms with Crippen LogP contribution in [0.5, 0.6) is 0 Å². The zero-order chi connectivity index (χ0) is 26.5. The molecule has 0 aliphatic carbocycles. The minimum absolute atomic E-state index is 0.0735. The highest BCUT2D eigenvalue weighted by molar-refractivity contribution is 5.36. The molecule has 3 atom stereocenters. The van der Waals surface area contributed by atoms with Crippen LogP contribution in [0.15, 0.2) is 91.0 Å². The molecule has 0 radical (unpaired) electrons. The number of halogens is 3. The minimum atomic E-state index is -0.275. The van der Waals surface area contributed by atoms with Gasteiger partial charge in [0.2, 0.25) is 0 Å². The van der Waals surface area contributed by atoms with Crippen LogP contribution in [-0.4, -0.2) is 19.2 Å². The van der Waals surface area contributed by atoms with E-state index in [2.05, 4.69) is 17.4 Å².